The van der Waals surface area contributed by atoms with Crippen LogP contribution in [0, 0.1) is 10.1 Å². The van der Waals surface area contributed by atoms with Crippen molar-refractivity contribution in [1.29, 1.82) is 0 Å². The van der Waals surface area contributed by atoms with Gasteiger partial charge in [0.1, 0.15) is 10.8 Å². The number of halogens is 3. The Morgan fingerprint density at radius 2 is 1.44 bits per heavy atom. The molecule has 0 aliphatic rings. The molecule has 0 spiro atoms. The molecule has 3 aromatic rings. The highest BCUT2D eigenvalue weighted by molar-refractivity contribution is 7.80. The number of nitrogens with one attached hydrogen (secondary N) is 4. The van der Waals surface area contributed by atoms with E-state index in [-0.39, 0.29) is 15.8 Å². The molecule has 13 heteroatoms. The molecule has 0 saturated carbocycles. The molecule has 9 nitrogen and oxygen atoms in total. The lowest BCUT2D eigenvalue weighted by Gasteiger charge is -2.15. The number of rotatable bonds is 6. The monoisotopic (exact) mass is 539 g/mol. The number of hydrogen-bond donors (Lipinski definition) is 4. The van der Waals surface area contributed by atoms with Crippen LogP contribution in [-0.2, 0) is 0 Å². The Hall–Kier alpha value is -3.31. The molecule has 176 valence electrons. The van der Waals surface area contributed by atoms with Gasteiger partial charge in [0.2, 0.25) is 0 Å². The third-order valence-corrected chi connectivity index (χ3v) is 5.55. The van der Waals surface area contributed by atoms with E-state index in [4.69, 9.17) is 51.8 Å². The second-order valence-corrected chi connectivity index (χ2v) is 8.26. The summed E-state index contributed by atoms with van der Waals surface area (Å²) in [6.45, 7) is 0. The summed E-state index contributed by atoms with van der Waals surface area (Å²) in [6.07, 6.45) is 0. The summed E-state index contributed by atoms with van der Waals surface area (Å²) in [6, 6.07) is 13.3. The third-order valence-electron chi connectivity index (χ3n) is 4.28. The first kappa shape index (κ1) is 25.3. The predicted octanol–water partition coefficient (Wildman–Crippen LogP) is 7.02. The van der Waals surface area contributed by atoms with E-state index >= 15 is 0 Å². The van der Waals surface area contributed by atoms with Crippen LogP contribution in [0.4, 0.5) is 33.2 Å². The summed E-state index contributed by atoms with van der Waals surface area (Å²) >= 11 is 23.0. The molecular formula is C21H16Cl3N5O4S. The van der Waals surface area contributed by atoms with Crippen LogP contribution >= 0.6 is 47.0 Å². The quantitative estimate of drug-likeness (QED) is 0.151. The number of methoxy groups -OCH3 is 1. The number of nitrogens with zero attached hydrogens (tertiary/aromatic N) is 1. The van der Waals surface area contributed by atoms with Crippen molar-refractivity contribution in [2.75, 3.05) is 28.4 Å². The van der Waals surface area contributed by atoms with Crippen molar-refractivity contribution in [1.82, 2.24) is 0 Å². The van der Waals surface area contributed by atoms with Crippen LogP contribution in [0.3, 0.4) is 0 Å². The SMILES string of the molecule is COc1ccc(NC(=O)Nc2ccc(Cl)c(Cl)c2)cc1NC(=S)Nc1ccc(Cl)c([N+](=O)[O-])c1. The zero-order chi connectivity index (χ0) is 24.8. The standard InChI is InChI=1S/C21H16Cl3N5O4S/c1-33-19-7-4-12(26-20(30)25-11-2-5-14(22)16(24)8-11)9-17(19)28-21(34)27-13-3-6-15(23)18(10-13)29(31)32/h2-10H,1H3,(H2,25,26,30)(H2,27,28,34). The molecule has 0 atom stereocenters. The molecule has 0 aliphatic heterocycles. The number of hydrogen-bond acceptors (Lipinski definition) is 5. The molecular weight excluding hydrogens is 525 g/mol. The van der Waals surface area contributed by atoms with Crippen molar-refractivity contribution in [3.63, 3.8) is 0 Å². The average Bonchev–Trinajstić information content (AvgIpc) is 2.77. The van der Waals surface area contributed by atoms with Crippen molar-refractivity contribution in [3.8, 4) is 5.75 Å². The maximum absolute atomic E-state index is 12.4. The van der Waals surface area contributed by atoms with Gasteiger partial charge < -0.3 is 26.0 Å². The topological polar surface area (TPSA) is 118 Å². The maximum Gasteiger partial charge on any atom is 0.323 e. The molecule has 0 aromatic heterocycles. The maximum atomic E-state index is 12.4. The molecule has 34 heavy (non-hydrogen) atoms. The number of nitro groups is 1. The van der Waals surface area contributed by atoms with Crippen LogP contribution in [0.5, 0.6) is 5.75 Å². The second kappa shape index (κ2) is 11.2. The van der Waals surface area contributed by atoms with Crippen molar-refractivity contribution in [2.24, 2.45) is 0 Å². The number of carbonyl (C=O) groups is 1. The second-order valence-electron chi connectivity index (χ2n) is 6.63. The van der Waals surface area contributed by atoms with E-state index in [0.717, 1.165) is 0 Å². The van der Waals surface area contributed by atoms with Crippen LogP contribution in [0.2, 0.25) is 15.1 Å². The molecule has 0 saturated heterocycles. The van der Waals surface area contributed by atoms with Crippen LogP contribution in [0.1, 0.15) is 0 Å². The normalized spacial score (nSPS) is 10.2. The number of anilines is 4. The van der Waals surface area contributed by atoms with E-state index in [1.165, 1.54) is 25.3 Å². The average molecular weight is 541 g/mol. The Morgan fingerprint density at radius 1 is 0.853 bits per heavy atom. The Balaban J connectivity index is 1.70. The summed E-state index contributed by atoms with van der Waals surface area (Å²) in [5.74, 6) is 0.446. The number of nitro benzene ring substituents is 1. The minimum atomic E-state index is -0.592. The lowest BCUT2D eigenvalue weighted by atomic mass is 10.2. The van der Waals surface area contributed by atoms with Crippen LogP contribution in [0.15, 0.2) is 54.6 Å². The van der Waals surface area contributed by atoms with Crippen molar-refractivity contribution < 1.29 is 14.5 Å². The largest absolute Gasteiger partial charge is 0.495 e. The van der Waals surface area contributed by atoms with E-state index in [1.807, 2.05) is 0 Å². The molecule has 0 unspecified atom stereocenters. The van der Waals surface area contributed by atoms with Crippen molar-refractivity contribution in [2.45, 2.75) is 0 Å². The molecule has 0 fully saturated rings. The summed E-state index contributed by atoms with van der Waals surface area (Å²) in [5, 5.41) is 23.0. The smallest absolute Gasteiger partial charge is 0.323 e. The van der Waals surface area contributed by atoms with E-state index in [1.54, 1.807) is 36.4 Å². The fourth-order valence-electron chi connectivity index (χ4n) is 2.77. The zero-order valence-corrected chi connectivity index (χ0v) is 20.4. The molecule has 4 N–H and O–H groups in total. The van der Waals surface area contributed by atoms with Crippen molar-refractivity contribution >= 4 is 86.6 Å². The van der Waals surface area contributed by atoms with E-state index in [0.29, 0.717) is 38.5 Å². The fraction of sp³-hybridized carbons (Fsp3) is 0.0476. The molecule has 0 aliphatic carbocycles. The highest BCUT2D eigenvalue weighted by Crippen LogP contribution is 2.30. The highest BCUT2D eigenvalue weighted by Gasteiger charge is 2.14. The van der Waals surface area contributed by atoms with Gasteiger partial charge in [-0.2, -0.15) is 0 Å². The summed E-state index contributed by atoms with van der Waals surface area (Å²) in [4.78, 5) is 22.9. The van der Waals surface area contributed by atoms with Gasteiger partial charge in [-0.1, -0.05) is 34.8 Å². The number of amides is 2. The molecule has 3 rings (SSSR count). The van der Waals surface area contributed by atoms with Crippen LogP contribution < -0.4 is 26.0 Å². The van der Waals surface area contributed by atoms with Gasteiger partial charge in [0.15, 0.2) is 5.11 Å². The van der Waals surface area contributed by atoms with E-state index in [2.05, 4.69) is 21.3 Å². The number of ether oxygens (including phenoxy) is 1. The highest BCUT2D eigenvalue weighted by atomic mass is 35.5. The number of benzene rings is 3. The molecule has 2 amide bonds. The Morgan fingerprint density at radius 3 is 2.06 bits per heavy atom. The molecule has 3 aromatic carbocycles. The fourth-order valence-corrected chi connectivity index (χ4v) is 3.48. The third kappa shape index (κ3) is 6.61. The molecule has 0 radical (unpaired) electrons. The van der Waals surface area contributed by atoms with Gasteiger partial charge in [0.25, 0.3) is 5.69 Å². The predicted molar refractivity (Wildman–Crippen MR) is 140 cm³/mol. The van der Waals surface area contributed by atoms with Crippen molar-refractivity contribution in [3.05, 3.63) is 79.8 Å². The Labute approximate surface area is 214 Å². The summed E-state index contributed by atoms with van der Waals surface area (Å²) in [7, 11) is 1.48. The minimum Gasteiger partial charge on any atom is -0.495 e. The van der Waals surface area contributed by atoms with Gasteiger partial charge in [-0.15, -0.1) is 0 Å². The summed E-state index contributed by atoms with van der Waals surface area (Å²) < 4.78 is 5.33. The lowest BCUT2D eigenvalue weighted by Crippen LogP contribution is -2.21. The number of thiocarbonyl (C=S) groups is 1. The number of carbonyl (C=O) groups excluding carboxylic acids is 1. The van der Waals surface area contributed by atoms with E-state index < -0.39 is 11.0 Å². The van der Waals surface area contributed by atoms with Crippen LogP contribution in [0.25, 0.3) is 0 Å². The van der Waals surface area contributed by atoms with Gasteiger partial charge in [-0.3, -0.25) is 10.1 Å². The Bertz CT molecular complexity index is 1280. The van der Waals surface area contributed by atoms with Gasteiger partial charge in [-0.05, 0) is 60.7 Å². The zero-order valence-electron chi connectivity index (χ0n) is 17.3. The lowest BCUT2D eigenvalue weighted by molar-refractivity contribution is -0.384. The summed E-state index contributed by atoms with van der Waals surface area (Å²) in [5.41, 5.74) is 1.44. The first-order valence-corrected chi connectivity index (χ1v) is 10.9. The van der Waals surface area contributed by atoms with Gasteiger partial charge in [0.05, 0.1) is 27.8 Å². The van der Waals surface area contributed by atoms with Gasteiger partial charge in [-0.25, -0.2) is 4.79 Å². The molecule has 0 heterocycles. The first-order valence-electron chi connectivity index (χ1n) is 9.39. The van der Waals surface area contributed by atoms with Gasteiger partial charge in [0, 0.05) is 23.1 Å². The van der Waals surface area contributed by atoms with Crippen LogP contribution in [-0.4, -0.2) is 23.2 Å². The minimum absolute atomic E-state index is 0.00835. The first-order chi connectivity index (χ1) is 16.2. The number of urea groups is 1. The molecule has 0 bridgehead atoms. The Kier molecular flexibility index (Phi) is 8.35. The van der Waals surface area contributed by atoms with E-state index in [9.17, 15) is 14.9 Å². The van der Waals surface area contributed by atoms with Gasteiger partial charge >= 0.3 is 6.03 Å².